The average molecular weight is 516 g/mol. The van der Waals surface area contributed by atoms with Gasteiger partial charge in [0.05, 0.1) is 18.2 Å². The smallest absolute Gasteiger partial charge is 0.416 e. The van der Waals surface area contributed by atoms with Crippen LogP contribution in [0, 0.1) is 0 Å². The first-order valence-corrected chi connectivity index (χ1v) is 11.4. The van der Waals surface area contributed by atoms with Crippen LogP contribution >= 0.6 is 0 Å². The second kappa shape index (κ2) is 10.2. The number of nitrogens with one attached hydrogen (secondary N) is 1. The van der Waals surface area contributed by atoms with Crippen LogP contribution in [0.1, 0.15) is 16.7 Å². The SMILES string of the molecule is COc1ccc(CN2CCN(C3CN(C(=O)Nc4cc(C(F)(F)F)cc(C(F)(F)F)c4)C3)CC2)cc1. The van der Waals surface area contributed by atoms with Gasteiger partial charge in [-0.05, 0) is 35.9 Å². The van der Waals surface area contributed by atoms with Crippen molar-refractivity contribution < 1.29 is 35.9 Å². The number of anilines is 1. The molecular weight excluding hydrogens is 490 g/mol. The standard InChI is InChI=1S/C24H26F6N4O2/c1-36-21-4-2-16(3-5-21)13-32-6-8-33(9-7-32)20-14-34(15-20)22(35)31-19-11-17(23(25,26)27)10-18(12-19)24(28,29)30/h2-5,10-12,20H,6-9,13-15H2,1H3,(H,31,35). The van der Waals surface area contributed by atoms with Crippen molar-refractivity contribution in [3.8, 4) is 5.75 Å². The van der Waals surface area contributed by atoms with Gasteiger partial charge in [0.15, 0.2) is 0 Å². The van der Waals surface area contributed by atoms with Gasteiger partial charge in [-0.3, -0.25) is 9.80 Å². The zero-order chi connectivity index (χ0) is 26.1. The maximum atomic E-state index is 13.0. The molecule has 2 amide bonds. The lowest BCUT2D eigenvalue weighted by Gasteiger charge is -2.48. The van der Waals surface area contributed by atoms with Gasteiger partial charge in [0, 0.05) is 57.5 Å². The van der Waals surface area contributed by atoms with Gasteiger partial charge in [0.2, 0.25) is 0 Å². The van der Waals surface area contributed by atoms with E-state index in [2.05, 4.69) is 15.1 Å². The van der Waals surface area contributed by atoms with Crippen LogP contribution in [0.5, 0.6) is 5.75 Å². The molecule has 0 radical (unpaired) electrons. The molecule has 0 atom stereocenters. The monoisotopic (exact) mass is 516 g/mol. The number of piperazine rings is 1. The zero-order valence-electron chi connectivity index (χ0n) is 19.5. The normalized spacial score (nSPS) is 18.1. The summed E-state index contributed by atoms with van der Waals surface area (Å²) in [5, 5.41) is 2.19. The predicted octanol–water partition coefficient (Wildman–Crippen LogP) is 4.77. The number of rotatable bonds is 5. The molecule has 0 spiro atoms. The molecule has 2 aliphatic heterocycles. The minimum absolute atomic E-state index is 0.0314. The van der Waals surface area contributed by atoms with E-state index in [-0.39, 0.29) is 12.1 Å². The van der Waals surface area contributed by atoms with Crippen molar-refractivity contribution in [1.82, 2.24) is 14.7 Å². The number of alkyl halides is 6. The highest BCUT2D eigenvalue weighted by molar-refractivity contribution is 5.90. The van der Waals surface area contributed by atoms with Gasteiger partial charge < -0.3 is 15.0 Å². The summed E-state index contributed by atoms with van der Waals surface area (Å²) >= 11 is 0. The van der Waals surface area contributed by atoms with E-state index in [1.165, 1.54) is 10.5 Å². The van der Waals surface area contributed by atoms with Crippen molar-refractivity contribution in [2.45, 2.75) is 24.9 Å². The highest BCUT2D eigenvalue weighted by Gasteiger charge is 2.39. The summed E-state index contributed by atoms with van der Waals surface area (Å²) in [6, 6.07) is 8.31. The topological polar surface area (TPSA) is 48.1 Å². The number of carbonyl (C=O) groups is 1. The van der Waals surface area contributed by atoms with Crippen molar-refractivity contribution in [2.75, 3.05) is 51.7 Å². The molecule has 0 unspecified atom stereocenters. The van der Waals surface area contributed by atoms with Crippen molar-refractivity contribution in [2.24, 2.45) is 0 Å². The van der Waals surface area contributed by atoms with Gasteiger partial charge >= 0.3 is 18.4 Å². The molecule has 6 nitrogen and oxygen atoms in total. The van der Waals surface area contributed by atoms with Crippen LogP contribution in [-0.2, 0) is 18.9 Å². The molecule has 2 fully saturated rings. The number of nitrogens with zero attached hydrogens (tertiary/aromatic N) is 3. The summed E-state index contributed by atoms with van der Waals surface area (Å²) in [6.45, 7) is 4.83. The Hall–Kier alpha value is -2.99. The van der Waals surface area contributed by atoms with Crippen molar-refractivity contribution >= 4 is 11.7 Å². The van der Waals surface area contributed by atoms with Crippen LogP contribution < -0.4 is 10.1 Å². The average Bonchev–Trinajstić information content (AvgIpc) is 2.78. The third-order valence-corrected chi connectivity index (χ3v) is 6.48. The molecule has 2 aromatic carbocycles. The van der Waals surface area contributed by atoms with E-state index >= 15 is 0 Å². The molecule has 12 heteroatoms. The van der Waals surface area contributed by atoms with Gasteiger partial charge in [-0.1, -0.05) is 12.1 Å². The summed E-state index contributed by atoms with van der Waals surface area (Å²) in [7, 11) is 1.62. The fourth-order valence-corrected chi connectivity index (χ4v) is 4.36. The fourth-order valence-electron chi connectivity index (χ4n) is 4.36. The first-order valence-electron chi connectivity index (χ1n) is 11.4. The van der Waals surface area contributed by atoms with Crippen LogP contribution in [0.4, 0.5) is 36.8 Å². The van der Waals surface area contributed by atoms with Crippen LogP contribution in [0.25, 0.3) is 0 Å². The summed E-state index contributed by atoms with van der Waals surface area (Å²) in [6.07, 6.45) is -9.95. The third-order valence-electron chi connectivity index (χ3n) is 6.48. The van der Waals surface area contributed by atoms with Gasteiger partial charge in [-0.25, -0.2) is 4.79 Å². The molecule has 1 N–H and O–H groups in total. The van der Waals surface area contributed by atoms with Crippen molar-refractivity contribution in [3.63, 3.8) is 0 Å². The van der Waals surface area contributed by atoms with E-state index in [0.29, 0.717) is 25.2 Å². The Bertz CT molecular complexity index is 1030. The lowest BCUT2D eigenvalue weighted by molar-refractivity contribution is -0.143. The molecule has 196 valence electrons. The highest BCUT2D eigenvalue weighted by Crippen LogP contribution is 2.37. The molecule has 36 heavy (non-hydrogen) atoms. The number of halogens is 6. The number of carbonyl (C=O) groups excluding carboxylic acids is 1. The fraction of sp³-hybridized carbons (Fsp3) is 0.458. The van der Waals surface area contributed by atoms with Crippen LogP contribution in [0.15, 0.2) is 42.5 Å². The maximum absolute atomic E-state index is 13.0. The summed E-state index contributed by atoms with van der Waals surface area (Å²) in [4.78, 5) is 18.4. The molecule has 4 rings (SSSR count). The van der Waals surface area contributed by atoms with Gasteiger partial charge in [0.25, 0.3) is 0 Å². The minimum atomic E-state index is -4.97. The zero-order valence-corrected chi connectivity index (χ0v) is 19.5. The quantitative estimate of drug-likeness (QED) is 0.582. The molecule has 0 aromatic heterocycles. The number of likely N-dealkylation sites (tertiary alicyclic amines) is 1. The molecule has 2 heterocycles. The molecular formula is C24H26F6N4O2. The van der Waals surface area contributed by atoms with Gasteiger partial charge in [-0.15, -0.1) is 0 Å². The number of hydrogen-bond acceptors (Lipinski definition) is 4. The molecule has 0 aliphatic carbocycles. The summed E-state index contributed by atoms with van der Waals surface area (Å²) < 4.78 is 83.4. The molecule has 2 aliphatic rings. The van der Waals surface area contributed by atoms with E-state index in [0.717, 1.165) is 38.5 Å². The van der Waals surface area contributed by atoms with Gasteiger partial charge in [0.1, 0.15) is 5.75 Å². The van der Waals surface area contributed by atoms with Crippen LogP contribution in [0.2, 0.25) is 0 Å². The number of methoxy groups -OCH3 is 1. The molecule has 2 saturated heterocycles. The summed E-state index contributed by atoms with van der Waals surface area (Å²) in [5.74, 6) is 0.802. The largest absolute Gasteiger partial charge is 0.497 e. The van der Waals surface area contributed by atoms with Crippen LogP contribution in [-0.4, -0.2) is 73.2 Å². The van der Waals surface area contributed by atoms with Crippen LogP contribution in [0.3, 0.4) is 0 Å². The highest BCUT2D eigenvalue weighted by atomic mass is 19.4. The van der Waals surface area contributed by atoms with E-state index in [9.17, 15) is 31.1 Å². The Balaban J connectivity index is 1.27. The second-order valence-corrected chi connectivity index (χ2v) is 8.94. The second-order valence-electron chi connectivity index (χ2n) is 8.94. The van der Waals surface area contributed by atoms with E-state index < -0.39 is 35.2 Å². The Morgan fingerprint density at radius 3 is 1.97 bits per heavy atom. The number of hydrogen-bond donors (Lipinski definition) is 1. The number of ether oxygens (including phenoxy) is 1. The van der Waals surface area contributed by atoms with Gasteiger partial charge in [-0.2, -0.15) is 26.3 Å². The maximum Gasteiger partial charge on any atom is 0.416 e. The first-order chi connectivity index (χ1) is 16.9. The molecule has 0 saturated carbocycles. The van der Waals surface area contributed by atoms with E-state index in [1.54, 1.807) is 7.11 Å². The first kappa shape index (κ1) is 26.1. The number of amides is 2. The van der Waals surface area contributed by atoms with Crippen molar-refractivity contribution in [1.29, 1.82) is 0 Å². The Kier molecular flexibility index (Phi) is 7.37. The minimum Gasteiger partial charge on any atom is -0.497 e. The molecule has 0 bridgehead atoms. The summed E-state index contributed by atoms with van der Waals surface area (Å²) in [5.41, 5.74) is -2.31. The van der Waals surface area contributed by atoms with E-state index in [1.807, 2.05) is 24.3 Å². The Labute approximate surface area is 204 Å². The van der Waals surface area contributed by atoms with Crippen molar-refractivity contribution in [3.05, 3.63) is 59.2 Å². The predicted molar refractivity (Wildman–Crippen MR) is 121 cm³/mol. The number of benzene rings is 2. The lowest BCUT2D eigenvalue weighted by Crippen LogP contribution is -2.64. The lowest BCUT2D eigenvalue weighted by atomic mass is 10.1. The third kappa shape index (κ3) is 6.22. The molecule has 2 aromatic rings. The number of urea groups is 1. The van der Waals surface area contributed by atoms with E-state index in [4.69, 9.17) is 4.74 Å². The Morgan fingerprint density at radius 1 is 0.917 bits per heavy atom. The Morgan fingerprint density at radius 2 is 1.47 bits per heavy atom.